The van der Waals surface area contributed by atoms with Gasteiger partial charge in [0, 0.05) is 18.5 Å². The van der Waals surface area contributed by atoms with E-state index in [1.54, 1.807) is 0 Å². The molecule has 1 aliphatic heterocycles. The van der Waals surface area contributed by atoms with Gasteiger partial charge in [0.25, 0.3) is 0 Å². The number of amides is 1. The van der Waals surface area contributed by atoms with Crippen molar-refractivity contribution >= 4 is 5.91 Å². The normalized spacial score (nSPS) is 25.3. The molecule has 0 spiro atoms. The highest BCUT2D eigenvalue weighted by atomic mass is 16.2. The maximum absolute atomic E-state index is 11.6. The smallest absolute Gasteiger partial charge is 0.234 e. The first-order valence-electron chi connectivity index (χ1n) is 9.03. The average Bonchev–Trinajstić information content (AvgIpc) is 3.35. The summed E-state index contributed by atoms with van der Waals surface area (Å²) >= 11 is 0. The Labute approximate surface area is 139 Å². The van der Waals surface area contributed by atoms with E-state index >= 15 is 0 Å². The topological polar surface area (TPSA) is 44.4 Å². The van der Waals surface area contributed by atoms with E-state index in [1.165, 1.54) is 24.8 Å². The maximum Gasteiger partial charge on any atom is 0.234 e. The molecule has 0 unspecified atom stereocenters. The van der Waals surface area contributed by atoms with Crippen LogP contribution < -0.4 is 10.6 Å². The summed E-state index contributed by atoms with van der Waals surface area (Å²) in [5.41, 5.74) is 1.47. The van der Waals surface area contributed by atoms with Crippen LogP contribution >= 0.6 is 0 Å². The Morgan fingerprint density at radius 3 is 2.65 bits per heavy atom. The van der Waals surface area contributed by atoms with Gasteiger partial charge >= 0.3 is 0 Å². The summed E-state index contributed by atoms with van der Waals surface area (Å²) < 4.78 is 0. The molecule has 1 aliphatic carbocycles. The molecule has 4 nitrogen and oxygen atoms in total. The summed E-state index contributed by atoms with van der Waals surface area (Å²) in [5.74, 6) is 1.64. The number of nitrogens with zero attached hydrogens (tertiary/aromatic N) is 1. The Balaban J connectivity index is 1.32. The van der Waals surface area contributed by atoms with Crippen LogP contribution in [-0.2, 0) is 4.79 Å². The molecule has 2 N–H and O–H groups in total. The van der Waals surface area contributed by atoms with Crippen LogP contribution in [0, 0.1) is 5.92 Å². The molecule has 4 heteroatoms. The molecule has 1 aromatic rings. The molecule has 1 aromatic carbocycles. The van der Waals surface area contributed by atoms with Crippen molar-refractivity contribution in [3.63, 3.8) is 0 Å². The number of piperidine rings is 1. The van der Waals surface area contributed by atoms with Crippen molar-refractivity contribution < 1.29 is 4.79 Å². The van der Waals surface area contributed by atoms with Gasteiger partial charge in [0.15, 0.2) is 0 Å². The second kappa shape index (κ2) is 7.93. The van der Waals surface area contributed by atoms with Crippen molar-refractivity contribution in [3.8, 4) is 0 Å². The average molecular weight is 315 g/mol. The quantitative estimate of drug-likeness (QED) is 0.809. The van der Waals surface area contributed by atoms with Gasteiger partial charge in [-0.15, -0.1) is 0 Å². The van der Waals surface area contributed by atoms with Crippen LogP contribution in [0.1, 0.15) is 37.7 Å². The predicted octanol–water partition coefficient (Wildman–Crippen LogP) is 1.98. The van der Waals surface area contributed by atoms with E-state index < -0.39 is 0 Å². The monoisotopic (exact) mass is 315 g/mol. The zero-order chi connectivity index (χ0) is 16.1. The summed E-state index contributed by atoms with van der Waals surface area (Å²) in [7, 11) is 0. The second-order valence-corrected chi connectivity index (χ2v) is 6.94. The van der Waals surface area contributed by atoms with Crippen LogP contribution in [0.25, 0.3) is 0 Å². The fourth-order valence-electron chi connectivity index (χ4n) is 3.61. The van der Waals surface area contributed by atoms with Crippen molar-refractivity contribution in [1.29, 1.82) is 0 Å². The molecule has 1 saturated carbocycles. The lowest BCUT2D eigenvalue weighted by Gasteiger charge is -2.31. The molecule has 3 rings (SSSR count). The van der Waals surface area contributed by atoms with Gasteiger partial charge in [-0.1, -0.05) is 30.3 Å². The minimum Gasteiger partial charge on any atom is -0.355 e. The van der Waals surface area contributed by atoms with Gasteiger partial charge in [-0.25, -0.2) is 0 Å². The van der Waals surface area contributed by atoms with Gasteiger partial charge in [0.2, 0.25) is 5.91 Å². The summed E-state index contributed by atoms with van der Waals surface area (Å²) in [6, 6.07) is 11.5. The summed E-state index contributed by atoms with van der Waals surface area (Å²) in [4.78, 5) is 13.9. The third-order valence-electron chi connectivity index (χ3n) is 5.14. The molecule has 0 bridgehead atoms. The molecule has 2 fully saturated rings. The SMILES string of the molecule is CCNC(=O)CN1CCC(CN[C@@H]2C[C@H]2c2ccccc2)CC1. The van der Waals surface area contributed by atoms with Crippen molar-refractivity contribution in [2.45, 2.75) is 38.1 Å². The lowest BCUT2D eigenvalue weighted by molar-refractivity contribution is -0.122. The van der Waals surface area contributed by atoms with Gasteiger partial charge < -0.3 is 10.6 Å². The van der Waals surface area contributed by atoms with Gasteiger partial charge in [-0.05, 0) is 57.3 Å². The molecule has 23 heavy (non-hydrogen) atoms. The van der Waals surface area contributed by atoms with Crippen molar-refractivity contribution in [2.24, 2.45) is 5.92 Å². The molecular formula is C19H29N3O. The molecule has 126 valence electrons. The Morgan fingerprint density at radius 2 is 1.96 bits per heavy atom. The van der Waals surface area contributed by atoms with E-state index in [4.69, 9.17) is 0 Å². The van der Waals surface area contributed by atoms with Gasteiger partial charge in [-0.2, -0.15) is 0 Å². The van der Waals surface area contributed by atoms with E-state index in [2.05, 4.69) is 45.9 Å². The number of benzene rings is 1. The van der Waals surface area contributed by atoms with Crippen LogP contribution in [0.5, 0.6) is 0 Å². The first-order chi connectivity index (χ1) is 11.3. The molecule has 2 aliphatic rings. The van der Waals surface area contributed by atoms with E-state index in [0.29, 0.717) is 18.5 Å². The van der Waals surface area contributed by atoms with Gasteiger partial charge in [-0.3, -0.25) is 9.69 Å². The fourth-order valence-corrected chi connectivity index (χ4v) is 3.61. The number of nitrogens with one attached hydrogen (secondary N) is 2. The number of hydrogen-bond donors (Lipinski definition) is 2. The number of carbonyl (C=O) groups is 1. The van der Waals surface area contributed by atoms with Crippen LogP contribution in [0.15, 0.2) is 30.3 Å². The van der Waals surface area contributed by atoms with Crippen LogP contribution in [0.3, 0.4) is 0 Å². The minimum atomic E-state index is 0.160. The van der Waals surface area contributed by atoms with E-state index in [-0.39, 0.29) is 5.91 Å². The third kappa shape index (κ3) is 4.79. The standard InChI is InChI=1S/C19H29N3O/c1-2-20-19(23)14-22-10-8-15(9-11-22)13-21-18-12-17(18)16-6-4-3-5-7-16/h3-7,15,17-18,21H,2,8-14H2,1H3,(H,20,23)/t17-,18+/m0/s1. The van der Waals surface area contributed by atoms with Crippen LogP contribution in [-0.4, -0.2) is 49.6 Å². The zero-order valence-corrected chi connectivity index (χ0v) is 14.1. The molecule has 1 amide bonds. The minimum absolute atomic E-state index is 0.160. The van der Waals surface area contributed by atoms with Crippen molar-refractivity contribution in [3.05, 3.63) is 35.9 Å². The lowest BCUT2D eigenvalue weighted by atomic mass is 9.96. The maximum atomic E-state index is 11.6. The van der Waals surface area contributed by atoms with Crippen molar-refractivity contribution in [1.82, 2.24) is 15.5 Å². The second-order valence-electron chi connectivity index (χ2n) is 6.94. The summed E-state index contributed by atoms with van der Waals surface area (Å²) in [6.45, 7) is 6.49. The zero-order valence-electron chi connectivity index (χ0n) is 14.1. The summed E-state index contributed by atoms with van der Waals surface area (Å²) in [5, 5.41) is 6.63. The van der Waals surface area contributed by atoms with E-state index in [9.17, 15) is 4.79 Å². The van der Waals surface area contributed by atoms with Crippen LogP contribution in [0.2, 0.25) is 0 Å². The Hall–Kier alpha value is -1.39. The van der Waals surface area contributed by atoms with Gasteiger partial charge in [0.05, 0.1) is 6.54 Å². The number of hydrogen-bond acceptors (Lipinski definition) is 3. The van der Waals surface area contributed by atoms with E-state index in [0.717, 1.165) is 32.1 Å². The molecule has 2 atom stereocenters. The number of rotatable bonds is 7. The lowest BCUT2D eigenvalue weighted by Crippen LogP contribution is -2.43. The highest BCUT2D eigenvalue weighted by molar-refractivity contribution is 5.77. The van der Waals surface area contributed by atoms with Gasteiger partial charge in [0.1, 0.15) is 0 Å². The van der Waals surface area contributed by atoms with Crippen LogP contribution in [0.4, 0.5) is 0 Å². The van der Waals surface area contributed by atoms with Crippen molar-refractivity contribution in [2.75, 3.05) is 32.7 Å². The molecule has 0 radical (unpaired) electrons. The third-order valence-corrected chi connectivity index (χ3v) is 5.14. The highest BCUT2D eigenvalue weighted by Gasteiger charge is 2.38. The molecule has 1 saturated heterocycles. The Morgan fingerprint density at radius 1 is 1.22 bits per heavy atom. The number of carbonyl (C=O) groups excluding carboxylic acids is 1. The van der Waals surface area contributed by atoms with E-state index in [1.807, 2.05) is 6.92 Å². The summed E-state index contributed by atoms with van der Waals surface area (Å²) in [6.07, 6.45) is 3.68. The molecule has 1 heterocycles. The largest absolute Gasteiger partial charge is 0.355 e. The molecule has 0 aromatic heterocycles. The first-order valence-corrected chi connectivity index (χ1v) is 9.03. The highest BCUT2D eigenvalue weighted by Crippen LogP contribution is 2.40. The predicted molar refractivity (Wildman–Crippen MR) is 93.4 cm³/mol. The molecular weight excluding hydrogens is 286 g/mol. The Kier molecular flexibility index (Phi) is 5.68. The Bertz CT molecular complexity index is 497. The fraction of sp³-hybridized carbons (Fsp3) is 0.632. The number of likely N-dealkylation sites (N-methyl/N-ethyl adjacent to an activating group) is 1. The first kappa shape index (κ1) is 16.5. The number of likely N-dealkylation sites (tertiary alicyclic amines) is 1.